The van der Waals surface area contributed by atoms with Gasteiger partial charge in [0.2, 0.25) is 0 Å². The molecule has 0 amide bonds. The molecular weight excluding hydrogens is 257 g/mol. The number of carboxylic acid groups (broad SMARTS) is 1. The number of carboxylic acids is 1. The molecule has 8 heteroatoms. The van der Waals surface area contributed by atoms with Crippen molar-refractivity contribution in [1.82, 2.24) is 4.98 Å². The predicted octanol–water partition coefficient (Wildman–Crippen LogP) is 2.23. The van der Waals surface area contributed by atoms with E-state index in [-0.39, 0.29) is 12.4 Å². The van der Waals surface area contributed by atoms with E-state index in [0.29, 0.717) is 0 Å². The lowest BCUT2D eigenvalue weighted by Crippen LogP contribution is -2.07. The zero-order valence-corrected chi connectivity index (χ0v) is 8.75. The van der Waals surface area contributed by atoms with Gasteiger partial charge >= 0.3 is 5.97 Å². The summed E-state index contributed by atoms with van der Waals surface area (Å²) in [5.74, 6) is -2.53. The smallest absolute Gasteiger partial charge is 0.341 e. The Labute approximate surface area is 94.2 Å². The van der Waals surface area contributed by atoms with E-state index in [1.54, 1.807) is 0 Å². The van der Waals surface area contributed by atoms with Crippen LogP contribution in [-0.4, -0.2) is 16.1 Å². The standard InChI is InChI=1S/C6H3Cl2FN2O2.ClH/c7-4-1(6(12)13)3(10)2(9)5(8)11-4;/h(H2,10,11)(H,12,13);1H. The molecule has 0 saturated carbocycles. The number of nitrogens with two attached hydrogens (primary N) is 1. The predicted molar refractivity (Wildman–Crippen MR) is 52.8 cm³/mol. The van der Waals surface area contributed by atoms with Crippen LogP contribution in [0.15, 0.2) is 0 Å². The highest BCUT2D eigenvalue weighted by Gasteiger charge is 2.20. The highest BCUT2D eigenvalue weighted by Crippen LogP contribution is 2.27. The summed E-state index contributed by atoms with van der Waals surface area (Å²) in [6.45, 7) is 0. The number of aromatic nitrogens is 1. The maximum Gasteiger partial charge on any atom is 0.341 e. The number of nitrogen functional groups attached to an aromatic ring is 1. The topological polar surface area (TPSA) is 76.2 Å². The molecule has 0 spiro atoms. The minimum Gasteiger partial charge on any atom is -0.478 e. The third-order valence-corrected chi connectivity index (χ3v) is 1.83. The molecule has 0 aliphatic heterocycles. The van der Waals surface area contributed by atoms with Crippen LogP contribution in [0.25, 0.3) is 0 Å². The molecule has 0 fully saturated rings. The van der Waals surface area contributed by atoms with Gasteiger partial charge in [0.05, 0.1) is 5.69 Å². The van der Waals surface area contributed by atoms with Gasteiger partial charge in [-0.1, -0.05) is 23.2 Å². The minimum atomic E-state index is -1.45. The second-order valence-corrected chi connectivity index (χ2v) is 2.82. The Kier molecular flexibility index (Phi) is 4.38. The van der Waals surface area contributed by atoms with E-state index in [1.165, 1.54) is 0 Å². The Morgan fingerprint density at radius 3 is 2.36 bits per heavy atom. The molecule has 1 heterocycles. The molecule has 14 heavy (non-hydrogen) atoms. The van der Waals surface area contributed by atoms with Crippen LogP contribution in [0.2, 0.25) is 10.3 Å². The summed E-state index contributed by atoms with van der Waals surface area (Å²) in [6.07, 6.45) is 0. The number of rotatable bonds is 1. The highest BCUT2D eigenvalue weighted by molar-refractivity contribution is 6.35. The molecule has 1 aromatic heterocycles. The van der Waals surface area contributed by atoms with Gasteiger partial charge in [0.15, 0.2) is 11.0 Å². The third kappa shape index (κ3) is 2.17. The van der Waals surface area contributed by atoms with Crippen molar-refractivity contribution < 1.29 is 14.3 Å². The van der Waals surface area contributed by atoms with Crippen LogP contribution in [0.5, 0.6) is 0 Å². The monoisotopic (exact) mass is 260 g/mol. The first-order valence-electron chi connectivity index (χ1n) is 2.98. The number of pyridine rings is 1. The zero-order valence-electron chi connectivity index (χ0n) is 6.42. The number of hydrogen-bond donors (Lipinski definition) is 2. The summed E-state index contributed by atoms with van der Waals surface area (Å²) in [6, 6.07) is 0. The number of aromatic carboxylic acids is 1. The van der Waals surface area contributed by atoms with Gasteiger partial charge in [-0.3, -0.25) is 0 Å². The second kappa shape index (κ2) is 4.63. The molecule has 0 aliphatic rings. The first kappa shape index (κ1) is 13.2. The zero-order chi connectivity index (χ0) is 10.2. The van der Waals surface area contributed by atoms with E-state index in [0.717, 1.165) is 0 Å². The van der Waals surface area contributed by atoms with E-state index in [1.807, 2.05) is 0 Å². The lowest BCUT2D eigenvalue weighted by atomic mass is 10.2. The molecule has 4 nitrogen and oxygen atoms in total. The Balaban J connectivity index is 0.00000169. The van der Waals surface area contributed by atoms with Crippen molar-refractivity contribution in [3.8, 4) is 0 Å². The maximum absolute atomic E-state index is 12.9. The van der Waals surface area contributed by atoms with Crippen molar-refractivity contribution in [3.63, 3.8) is 0 Å². The SMILES string of the molecule is Cl.Nc1c(F)c(Cl)nc(Cl)c1C(=O)O. The summed E-state index contributed by atoms with van der Waals surface area (Å²) in [5.41, 5.74) is 3.93. The molecule has 0 saturated heterocycles. The molecule has 0 radical (unpaired) electrons. The van der Waals surface area contributed by atoms with Crippen LogP contribution in [0.4, 0.5) is 10.1 Å². The van der Waals surface area contributed by atoms with Crippen LogP contribution in [0.3, 0.4) is 0 Å². The fourth-order valence-corrected chi connectivity index (χ4v) is 1.22. The molecule has 1 aromatic rings. The summed E-state index contributed by atoms with van der Waals surface area (Å²) >= 11 is 10.6. The average Bonchev–Trinajstić information content (AvgIpc) is 1.99. The molecule has 1 rings (SSSR count). The molecule has 0 unspecified atom stereocenters. The van der Waals surface area contributed by atoms with Crippen LogP contribution >= 0.6 is 35.6 Å². The van der Waals surface area contributed by atoms with Gasteiger partial charge in [0.25, 0.3) is 0 Å². The fraction of sp³-hybridized carbons (Fsp3) is 0. The second-order valence-electron chi connectivity index (χ2n) is 2.10. The van der Waals surface area contributed by atoms with E-state index < -0.39 is 33.3 Å². The van der Waals surface area contributed by atoms with Gasteiger partial charge in [0, 0.05) is 0 Å². The molecule has 0 atom stereocenters. The minimum absolute atomic E-state index is 0. The van der Waals surface area contributed by atoms with Gasteiger partial charge in [-0.15, -0.1) is 12.4 Å². The van der Waals surface area contributed by atoms with Crippen molar-refractivity contribution >= 4 is 47.3 Å². The molecule has 0 aromatic carbocycles. The van der Waals surface area contributed by atoms with Crippen LogP contribution < -0.4 is 5.73 Å². The van der Waals surface area contributed by atoms with Crippen LogP contribution in [0.1, 0.15) is 10.4 Å². The molecule has 3 N–H and O–H groups in total. The van der Waals surface area contributed by atoms with E-state index in [2.05, 4.69) is 4.98 Å². The Morgan fingerprint density at radius 1 is 1.43 bits per heavy atom. The first-order valence-corrected chi connectivity index (χ1v) is 3.74. The van der Waals surface area contributed by atoms with Crippen molar-refractivity contribution in [3.05, 3.63) is 21.7 Å². The van der Waals surface area contributed by atoms with Crippen LogP contribution in [0, 0.1) is 5.82 Å². The highest BCUT2D eigenvalue weighted by atomic mass is 35.5. The van der Waals surface area contributed by atoms with E-state index in [9.17, 15) is 9.18 Å². The largest absolute Gasteiger partial charge is 0.478 e. The molecular formula is C6H4Cl3FN2O2. The summed E-state index contributed by atoms with van der Waals surface area (Å²) < 4.78 is 12.9. The van der Waals surface area contributed by atoms with Gasteiger partial charge in [-0.25, -0.2) is 14.2 Å². The number of carbonyl (C=O) groups is 1. The summed E-state index contributed by atoms with van der Waals surface area (Å²) in [7, 11) is 0. The molecule has 0 aliphatic carbocycles. The summed E-state index contributed by atoms with van der Waals surface area (Å²) in [4.78, 5) is 13.7. The Morgan fingerprint density at radius 2 is 1.93 bits per heavy atom. The number of nitrogens with zero attached hydrogens (tertiary/aromatic N) is 1. The van der Waals surface area contributed by atoms with Crippen molar-refractivity contribution in [2.75, 3.05) is 5.73 Å². The third-order valence-electron chi connectivity index (χ3n) is 1.30. The first-order chi connectivity index (χ1) is 5.95. The van der Waals surface area contributed by atoms with E-state index >= 15 is 0 Å². The maximum atomic E-state index is 12.9. The number of hydrogen-bond acceptors (Lipinski definition) is 3. The number of anilines is 1. The van der Waals surface area contributed by atoms with Gasteiger partial charge in [-0.05, 0) is 0 Å². The van der Waals surface area contributed by atoms with Crippen molar-refractivity contribution in [2.24, 2.45) is 0 Å². The summed E-state index contributed by atoms with van der Waals surface area (Å²) in [5, 5.41) is 7.57. The Hall–Kier alpha value is -0.780. The van der Waals surface area contributed by atoms with Gasteiger partial charge < -0.3 is 10.8 Å². The number of halogens is 4. The quantitative estimate of drug-likeness (QED) is 0.760. The van der Waals surface area contributed by atoms with Gasteiger partial charge in [-0.2, -0.15) is 0 Å². The lowest BCUT2D eigenvalue weighted by Gasteiger charge is -2.04. The van der Waals surface area contributed by atoms with Crippen molar-refractivity contribution in [1.29, 1.82) is 0 Å². The molecule has 0 bridgehead atoms. The van der Waals surface area contributed by atoms with Crippen molar-refractivity contribution in [2.45, 2.75) is 0 Å². The Bertz CT molecular complexity index is 386. The normalized spacial score (nSPS) is 9.36. The van der Waals surface area contributed by atoms with Gasteiger partial charge in [0.1, 0.15) is 10.7 Å². The molecule has 78 valence electrons. The van der Waals surface area contributed by atoms with Crippen LogP contribution in [-0.2, 0) is 0 Å². The average molecular weight is 261 g/mol. The fourth-order valence-electron chi connectivity index (χ4n) is 0.727. The lowest BCUT2D eigenvalue weighted by molar-refractivity contribution is 0.0697. The van der Waals surface area contributed by atoms with E-state index in [4.69, 9.17) is 34.0 Å².